The fourth-order valence-corrected chi connectivity index (χ4v) is 2.31. The minimum absolute atomic E-state index is 0.320. The van der Waals surface area contributed by atoms with Gasteiger partial charge in [-0.25, -0.2) is 4.79 Å². The lowest BCUT2D eigenvalue weighted by Crippen LogP contribution is -2.31. The van der Waals surface area contributed by atoms with Crippen LogP contribution in [0.1, 0.15) is 24.1 Å². The summed E-state index contributed by atoms with van der Waals surface area (Å²) in [5, 5.41) is 9.68. The lowest BCUT2D eigenvalue weighted by molar-refractivity contribution is 0.127. The van der Waals surface area contributed by atoms with Crippen LogP contribution < -0.4 is 15.4 Å². The van der Waals surface area contributed by atoms with Gasteiger partial charge in [0.1, 0.15) is 11.4 Å². The van der Waals surface area contributed by atoms with Crippen LogP contribution >= 0.6 is 0 Å². The molecule has 0 spiro atoms. The third kappa shape index (κ3) is 6.01. The Bertz CT molecular complexity index is 849. The number of ether oxygens (including phenoxy) is 2. The highest BCUT2D eigenvalue weighted by molar-refractivity contribution is 5.88. The second-order valence-electron chi connectivity index (χ2n) is 6.30. The van der Waals surface area contributed by atoms with Crippen molar-refractivity contribution in [3.05, 3.63) is 35.8 Å². The van der Waals surface area contributed by atoms with Crippen molar-refractivity contribution in [1.29, 1.82) is 0 Å². The van der Waals surface area contributed by atoms with Gasteiger partial charge in [0.15, 0.2) is 5.82 Å². The van der Waals surface area contributed by atoms with Gasteiger partial charge in [-0.2, -0.15) is 5.10 Å². The van der Waals surface area contributed by atoms with E-state index in [9.17, 15) is 4.79 Å². The molecule has 0 aromatic carbocycles. The Morgan fingerprint density at radius 2 is 2.19 bits per heavy atom. The third-order valence-electron chi connectivity index (χ3n) is 3.99. The van der Waals surface area contributed by atoms with Crippen molar-refractivity contribution in [3.63, 3.8) is 0 Å². The molecule has 1 saturated carbocycles. The van der Waals surface area contributed by atoms with Gasteiger partial charge in [-0.15, -0.1) is 0 Å². The molecular formula is C19H23N5O3. The Hall–Kier alpha value is -3.05. The molecule has 1 aliphatic carbocycles. The van der Waals surface area contributed by atoms with E-state index >= 15 is 0 Å². The normalized spacial score (nSPS) is 12.8. The van der Waals surface area contributed by atoms with Crippen molar-refractivity contribution in [2.45, 2.75) is 12.8 Å². The average molecular weight is 369 g/mol. The SMILES string of the molecule is COc1cncc(C#Cc2cc(NC(=O)NCCOCC3CC3)nn2C)c1. The summed E-state index contributed by atoms with van der Waals surface area (Å²) in [6, 6.07) is 3.19. The number of pyridine rings is 1. The topological polar surface area (TPSA) is 90.3 Å². The number of carbonyl (C=O) groups excluding carboxylic acids is 1. The van der Waals surface area contributed by atoms with E-state index in [1.54, 1.807) is 43.4 Å². The first-order chi connectivity index (χ1) is 13.1. The van der Waals surface area contributed by atoms with Crippen LogP contribution in [0.2, 0.25) is 0 Å². The first kappa shape index (κ1) is 18.7. The Morgan fingerprint density at radius 3 is 2.96 bits per heavy atom. The molecule has 3 rings (SSSR count). The molecule has 2 amide bonds. The number of hydrogen-bond donors (Lipinski definition) is 2. The fraction of sp³-hybridized carbons (Fsp3) is 0.421. The minimum atomic E-state index is -0.320. The van der Waals surface area contributed by atoms with Crippen LogP contribution in [0.4, 0.5) is 10.6 Å². The van der Waals surface area contributed by atoms with Gasteiger partial charge in [0, 0.05) is 38.0 Å². The summed E-state index contributed by atoms with van der Waals surface area (Å²) < 4.78 is 12.2. The van der Waals surface area contributed by atoms with Crippen molar-refractivity contribution in [1.82, 2.24) is 20.1 Å². The van der Waals surface area contributed by atoms with Crippen LogP contribution in [0.25, 0.3) is 0 Å². The number of anilines is 1. The summed E-state index contributed by atoms with van der Waals surface area (Å²) in [5.41, 5.74) is 1.40. The standard InChI is InChI=1S/C19H23N5O3/c1-24-16(6-5-15-9-17(26-2)12-20-11-15)10-18(23-24)22-19(25)21-7-8-27-13-14-3-4-14/h9-12,14H,3-4,7-8,13H2,1-2H3,(H2,21,22,23,25). The number of rotatable bonds is 7. The van der Waals surface area contributed by atoms with Gasteiger partial charge in [-0.1, -0.05) is 5.92 Å². The van der Waals surface area contributed by atoms with E-state index in [-0.39, 0.29) is 6.03 Å². The van der Waals surface area contributed by atoms with Gasteiger partial charge in [0.05, 0.1) is 19.9 Å². The lowest BCUT2D eigenvalue weighted by Gasteiger charge is -2.06. The maximum absolute atomic E-state index is 11.9. The molecule has 0 radical (unpaired) electrons. The fourth-order valence-electron chi connectivity index (χ4n) is 2.31. The van der Waals surface area contributed by atoms with Crippen molar-refractivity contribution in [2.24, 2.45) is 13.0 Å². The van der Waals surface area contributed by atoms with Gasteiger partial charge >= 0.3 is 6.03 Å². The van der Waals surface area contributed by atoms with Gasteiger partial charge < -0.3 is 14.8 Å². The minimum Gasteiger partial charge on any atom is -0.495 e. The molecule has 8 heteroatoms. The van der Waals surface area contributed by atoms with Crippen molar-refractivity contribution < 1.29 is 14.3 Å². The number of nitrogens with zero attached hydrogens (tertiary/aromatic N) is 3. The molecule has 0 unspecified atom stereocenters. The molecule has 0 saturated heterocycles. The van der Waals surface area contributed by atoms with Gasteiger partial charge in [0.2, 0.25) is 0 Å². The summed E-state index contributed by atoms with van der Waals surface area (Å²) in [6.45, 7) is 1.76. The van der Waals surface area contributed by atoms with Gasteiger partial charge in [0.25, 0.3) is 0 Å². The number of carbonyl (C=O) groups is 1. The lowest BCUT2D eigenvalue weighted by atomic mass is 10.2. The zero-order valence-electron chi connectivity index (χ0n) is 15.5. The van der Waals surface area contributed by atoms with Crippen LogP contribution in [0.15, 0.2) is 24.5 Å². The molecule has 142 valence electrons. The van der Waals surface area contributed by atoms with E-state index in [2.05, 4.69) is 32.6 Å². The Kier molecular flexibility index (Phi) is 6.28. The summed E-state index contributed by atoms with van der Waals surface area (Å²) in [5.74, 6) is 7.82. The second kappa shape index (κ2) is 9.05. The smallest absolute Gasteiger partial charge is 0.320 e. The molecule has 27 heavy (non-hydrogen) atoms. The largest absolute Gasteiger partial charge is 0.495 e. The van der Waals surface area contributed by atoms with Crippen LogP contribution in [-0.2, 0) is 11.8 Å². The summed E-state index contributed by atoms with van der Waals surface area (Å²) >= 11 is 0. The Labute approximate surface area is 158 Å². The van der Waals surface area contributed by atoms with Gasteiger partial charge in [-0.3, -0.25) is 15.0 Å². The highest BCUT2D eigenvalue weighted by Crippen LogP contribution is 2.28. The summed E-state index contributed by atoms with van der Waals surface area (Å²) in [7, 11) is 3.35. The van der Waals surface area contributed by atoms with Crippen LogP contribution in [-0.4, -0.2) is 47.7 Å². The molecule has 0 atom stereocenters. The molecule has 0 bridgehead atoms. The number of aryl methyl sites for hydroxylation is 1. The molecule has 1 fully saturated rings. The van der Waals surface area contributed by atoms with E-state index in [0.29, 0.717) is 30.4 Å². The van der Waals surface area contributed by atoms with Crippen molar-refractivity contribution in [2.75, 3.05) is 32.2 Å². The van der Waals surface area contributed by atoms with Crippen LogP contribution in [0.5, 0.6) is 5.75 Å². The molecule has 2 N–H and O–H groups in total. The zero-order chi connectivity index (χ0) is 19.1. The Balaban J connectivity index is 1.49. The molecule has 2 aromatic rings. The zero-order valence-corrected chi connectivity index (χ0v) is 15.5. The Morgan fingerprint density at radius 1 is 1.33 bits per heavy atom. The summed E-state index contributed by atoms with van der Waals surface area (Å²) in [4.78, 5) is 16.0. The molecule has 8 nitrogen and oxygen atoms in total. The first-order valence-corrected chi connectivity index (χ1v) is 8.82. The van der Waals surface area contributed by atoms with E-state index in [1.807, 2.05) is 0 Å². The molecule has 2 heterocycles. The molecule has 2 aromatic heterocycles. The maximum atomic E-state index is 11.9. The maximum Gasteiger partial charge on any atom is 0.320 e. The second-order valence-corrected chi connectivity index (χ2v) is 6.30. The van der Waals surface area contributed by atoms with Crippen LogP contribution in [0.3, 0.4) is 0 Å². The third-order valence-corrected chi connectivity index (χ3v) is 3.99. The predicted octanol–water partition coefficient (Wildman–Crippen LogP) is 1.77. The average Bonchev–Trinajstić information content (AvgIpc) is 3.42. The highest BCUT2D eigenvalue weighted by atomic mass is 16.5. The number of nitrogens with one attached hydrogen (secondary N) is 2. The molecule has 0 aliphatic heterocycles. The number of amides is 2. The van der Waals surface area contributed by atoms with Gasteiger partial charge in [-0.05, 0) is 30.7 Å². The van der Waals surface area contributed by atoms with E-state index in [4.69, 9.17) is 9.47 Å². The monoisotopic (exact) mass is 369 g/mol. The highest BCUT2D eigenvalue weighted by Gasteiger charge is 2.20. The molecular weight excluding hydrogens is 346 g/mol. The number of methoxy groups -OCH3 is 1. The predicted molar refractivity (Wildman–Crippen MR) is 101 cm³/mol. The first-order valence-electron chi connectivity index (χ1n) is 8.82. The number of hydrogen-bond acceptors (Lipinski definition) is 5. The quantitative estimate of drug-likeness (QED) is 0.573. The molecule has 1 aliphatic rings. The van der Waals surface area contributed by atoms with Crippen molar-refractivity contribution in [3.8, 4) is 17.6 Å². The van der Waals surface area contributed by atoms with E-state index in [1.165, 1.54) is 12.8 Å². The van der Waals surface area contributed by atoms with Crippen molar-refractivity contribution >= 4 is 11.8 Å². The van der Waals surface area contributed by atoms with E-state index in [0.717, 1.165) is 18.1 Å². The number of urea groups is 1. The van der Waals surface area contributed by atoms with E-state index < -0.39 is 0 Å². The van der Waals surface area contributed by atoms with Crippen LogP contribution in [0, 0.1) is 17.8 Å². The number of aromatic nitrogens is 3. The summed E-state index contributed by atoms with van der Waals surface area (Å²) in [6.07, 6.45) is 5.79.